The minimum Gasteiger partial charge on any atom is -0.423 e. The summed E-state index contributed by atoms with van der Waals surface area (Å²) in [4.78, 5) is 3.72. The van der Waals surface area contributed by atoms with Crippen molar-refractivity contribution in [3.63, 3.8) is 0 Å². The minimum atomic E-state index is -1.54. The van der Waals surface area contributed by atoms with Crippen LogP contribution in [0.15, 0.2) is 18.5 Å². The summed E-state index contributed by atoms with van der Waals surface area (Å²) < 4.78 is 0. The zero-order valence-corrected chi connectivity index (χ0v) is 5.81. The van der Waals surface area contributed by atoms with E-state index in [2.05, 4.69) is 4.98 Å². The van der Waals surface area contributed by atoms with Gasteiger partial charge in [0.25, 0.3) is 0 Å². The molecule has 1 rings (SSSR count). The molecule has 0 aliphatic heterocycles. The fourth-order valence-electron chi connectivity index (χ4n) is 0.822. The molecule has 5 heteroatoms. The molecule has 1 aromatic rings. The lowest BCUT2D eigenvalue weighted by Crippen LogP contribution is -2.33. The van der Waals surface area contributed by atoms with Crippen molar-refractivity contribution in [3.8, 4) is 0 Å². The van der Waals surface area contributed by atoms with Crippen LogP contribution in [-0.4, -0.2) is 27.3 Å². The van der Waals surface area contributed by atoms with Crippen molar-refractivity contribution < 1.29 is 15.2 Å². The average molecular weight is 153 g/mol. The number of aliphatic hydroxyl groups is 1. The summed E-state index contributed by atoms with van der Waals surface area (Å²) >= 11 is 0. The summed E-state index contributed by atoms with van der Waals surface area (Å²) in [5.74, 6) is 0. The van der Waals surface area contributed by atoms with Gasteiger partial charge in [0.15, 0.2) is 0 Å². The van der Waals surface area contributed by atoms with Gasteiger partial charge in [0.1, 0.15) is 0 Å². The molecule has 4 nitrogen and oxygen atoms in total. The first-order chi connectivity index (χ1) is 5.25. The molecule has 3 N–H and O–H groups in total. The predicted octanol–water partition coefficient (Wildman–Crippen LogP) is -1.75. The topological polar surface area (TPSA) is 73.6 Å². The molecular weight excluding hydrogens is 145 g/mol. The quantitative estimate of drug-likeness (QED) is 0.440. The number of hydrogen-bond acceptors (Lipinski definition) is 4. The predicted molar refractivity (Wildman–Crippen MR) is 40.0 cm³/mol. The van der Waals surface area contributed by atoms with Crippen LogP contribution in [0, 0.1) is 0 Å². The van der Waals surface area contributed by atoms with E-state index in [0.29, 0.717) is 11.0 Å². The van der Waals surface area contributed by atoms with E-state index in [1.54, 1.807) is 0 Å². The van der Waals surface area contributed by atoms with E-state index in [1.165, 1.54) is 18.5 Å². The smallest absolute Gasteiger partial charge is 0.423 e. The molecule has 1 aromatic heterocycles. The van der Waals surface area contributed by atoms with Crippen molar-refractivity contribution in [2.75, 3.05) is 0 Å². The first kappa shape index (κ1) is 8.19. The number of nitrogens with zero attached hydrogens (tertiary/aromatic N) is 1. The van der Waals surface area contributed by atoms with Crippen LogP contribution in [0.4, 0.5) is 0 Å². The highest BCUT2D eigenvalue weighted by atomic mass is 16.4. The first-order valence-electron chi connectivity index (χ1n) is 3.15. The van der Waals surface area contributed by atoms with Crippen LogP contribution >= 0.6 is 0 Å². The zero-order chi connectivity index (χ0) is 8.27. The summed E-state index contributed by atoms with van der Waals surface area (Å²) in [6, 6.07) is 1.45. The lowest BCUT2D eigenvalue weighted by Gasteiger charge is -2.03. The molecule has 0 aliphatic carbocycles. The molecule has 0 saturated carbocycles. The van der Waals surface area contributed by atoms with Gasteiger partial charge >= 0.3 is 7.12 Å². The standard InChI is InChI=1S/C6H8BNO3/c9-4-5-3-8-2-1-6(5)7(10)11/h1-3,9-11H,4H2. The lowest BCUT2D eigenvalue weighted by atomic mass is 9.78. The van der Waals surface area contributed by atoms with Crippen LogP contribution in [0.5, 0.6) is 0 Å². The Morgan fingerprint density at radius 1 is 1.45 bits per heavy atom. The third-order valence-corrected chi connectivity index (χ3v) is 1.39. The van der Waals surface area contributed by atoms with Crippen molar-refractivity contribution in [1.82, 2.24) is 4.98 Å². The maximum Gasteiger partial charge on any atom is 0.488 e. The van der Waals surface area contributed by atoms with E-state index in [1.807, 2.05) is 0 Å². The van der Waals surface area contributed by atoms with Gasteiger partial charge < -0.3 is 15.2 Å². The van der Waals surface area contributed by atoms with Crippen molar-refractivity contribution in [3.05, 3.63) is 24.0 Å². The van der Waals surface area contributed by atoms with E-state index in [-0.39, 0.29) is 6.61 Å². The van der Waals surface area contributed by atoms with Crippen LogP contribution in [0.25, 0.3) is 0 Å². The van der Waals surface area contributed by atoms with Gasteiger partial charge in [0, 0.05) is 12.4 Å². The Morgan fingerprint density at radius 2 is 2.18 bits per heavy atom. The second-order valence-corrected chi connectivity index (χ2v) is 2.11. The third kappa shape index (κ3) is 1.77. The SMILES string of the molecule is OCc1cnccc1B(O)O. The Hall–Kier alpha value is -0.905. The van der Waals surface area contributed by atoms with Crippen molar-refractivity contribution >= 4 is 12.6 Å². The molecule has 0 unspecified atom stereocenters. The van der Waals surface area contributed by atoms with Gasteiger partial charge in [0.05, 0.1) is 6.61 Å². The Labute approximate surface area is 64.3 Å². The van der Waals surface area contributed by atoms with Gasteiger partial charge in [-0.25, -0.2) is 0 Å². The number of pyridine rings is 1. The molecular formula is C6H8BNO3. The highest BCUT2D eigenvalue weighted by molar-refractivity contribution is 6.59. The fraction of sp³-hybridized carbons (Fsp3) is 0.167. The highest BCUT2D eigenvalue weighted by Gasteiger charge is 2.14. The van der Waals surface area contributed by atoms with Gasteiger partial charge in [-0.3, -0.25) is 4.98 Å². The van der Waals surface area contributed by atoms with Crippen LogP contribution in [-0.2, 0) is 6.61 Å². The third-order valence-electron chi connectivity index (χ3n) is 1.39. The van der Waals surface area contributed by atoms with Crippen LogP contribution in [0.3, 0.4) is 0 Å². The van der Waals surface area contributed by atoms with Gasteiger partial charge in [-0.05, 0) is 17.1 Å². The number of aliphatic hydroxyl groups excluding tert-OH is 1. The molecule has 11 heavy (non-hydrogen) atoms. The largest absolute Gasteiger partial charge is 0.488 e. The second-order valence-electron chi connectivity index (χ2n) is 2.11. The molecule has 0 bridgehead atoms. The van der Waals surface area contributed by atoms with Crippen LogP contribution in [0.1, 0.15) is 5.56 Å². The molecule has 0 spiro atoms. The van der Waals surface area contributed by atoms with Crippen molar-refractivity contribution in [2.24, 2.45) is 0 Å². The highest BCUT2D eigenvalue weighted by Crippen LogP contribution is 1.92. The monoisotopic (exact) mass is 153 g/mol. The van der Waals surface area contributed by atoms with E-state index in [0.717, 1.165) is 0 Å². The van der Waals surface area contributed by atoms with Crippen LogP contribution in [0.2, 0.25) is 0 Å². The summed E-state index contributed by atoms with van der Waals surface area (Å²) in [6.07, 6.45) is 2.84. The molecule has 0 fully saturated rings. The number of hydrogen-bond donors (Lipinski definition) is 3. The summed E-state index contributed by atoms with van der Waals surface area (Å²) in [7, 11) is -1.54. The fourth-order valence-corrected chi connectivity index (χ4v) is 0.822. The molecule has 0 amide bonds. The molecule has 58 valence electrons. The van der Waals surface area contributed by atoms with Gasteiger partial charge in [0.2, 0.25) is 0 Å². The van der Waals surface area contributed by atoms with Gasteiger partial charge in [-0.15, -0.1) is 0 Å². The lowest BCUT2D eigenvalue weighted by molar-refractivity contribution is 0.281. The first-order valence-corrected chi connectivity index (χ1v) is 3.15. The Kier molecular flexibility index (Phi) is 2.59. The molecule has 0 atom stereocenters. The number of aromatic nitrogens is 1. The molecule has 0 saturated heterocycles. The molecule has 0 aromatic carbocycles. The average Bonchev–Trinajstić information content (AvgIpc) is 2.04. The maximum absolute atomic E-state index is 8.75. The van der Waals surface area contributed by atoms with Crippen LogP contribution < -0.4 is 5.46 Å². The summed E-state index contributed by atoms with van der Waals surface area (Å²) in [5, 5.41) is 26.2. The van der Waals surface area contributed by atoms with E-state index < -0.39 is 7.12 Å². The molecule has 0 radical (unpaired) electrons. The summed E-state index contributed by atoms with van der Waals surface area (Å²) in [6.45, 7) is -0.235. The molecule has 1 heterocycles. The summed E-state index contributed by atoms with van der Waals surface area (Å²) in [5.41, 5.74) is 0.727. The Balaban J connectivity index is 3.02. The van der Waals surface area contributed by atoms with Crippen molar-refractivity contribution in [1.29, 1.82) is 0 Å². The zero-order valence-electron chi connectivity index (χ0n) is 5.81. The van der Waals surface area contributed by atoms with E-state index in [4.69, 9.17) is 15.2 Å². The van der Waals surface area contributed by atoms with Gasteiger partial charge in [-0.1, -0.05) is 0 Å². The van der Waals surface area contributed by atoms with E-state index in [9.17, 15) is 0 Å². The maximum atomic E-state index is 8.75. The van der Waals surface area contributed by atoms with Gasteiger partial charge in [-0.2, -0.15) is 0 Å². The normalized spacial score (nSPS) is 9.73. The van der Waals surface area contributed by atoms with E-state index >= 15 is 0 Å². The number of rotatable bonds is 2. The van der Waals surface area contributed by atoms with Crippen molar-refractivity contribution in [2.45, 2.75) is 6.61 Å². The molecule has 0 aliphatic rings. The minimum absolute atomic E-state index is 0.235. The second kappa shape index (κ2) is 3.48. The Bertz CT molecular complexity index is 241. The Morgan fingerprint density at radius 3 is 2.64 bits per heavy atom.